The first-order valence-electron chi connectivity index (χ1n) is 4.37. The summed E-state index contributed by atoms with van der Waals surface area (Å²) in [5, 5.41) is 0.512. The molecule has 0 aliphatic carbocycles. The maximum absolute atomic E-state index is 12.1. The van der Waals surface area contributed by atoms with Crippen LogP contribution in [0.4, 0.5) is 8.78 Å². The van der Waals surface area contributed by atoms with Gasteiger partial charge in [-0.15, -0.1) is 0 Å². The zero-order valence-corrected chi connectivity index (χ0v) is 7.74. The Balaban J connectivity index is 2.56. The summed E-state index contributed by atoms with van der Waals surface area (Å²) in [6.45, 7) is -2.85. The highest BCUT2D eigenvalue weighted by atomic mass is 19.3. The minimum atomic E-state index is -2.88. The summed E-state index contributed by atoms with van der Waals surface area (Å²) in [7, 11) is 0. The lowest BCUT2D eigenvalue weighted by molar-refractivity contribution is -0.0500. The van der Waals surface area contributed by atoms with Crippen LogP contribution in [0.25, 0.3) is 11.0 Å². The molecule has 1 heterocycles. The predicted molar refractivity (Wildman–Crippen MR) is 50.7 cm³/mol. The van der Waals surface area contributed by atoms with Crippen LogP contribution in [0.3, 0.4) is 0 Å². The van der Waals surface area contributed by atoms with Crippen molar-refractivity contribution in [1.29, 1.82) is 0 Å². The highest BCUT2D eigenvalue weighted by molar-refractivity contribution is 5.85. The fourth-order valence-electron chi connectivity index (χ4n) is 1.43. The highest BCUT2D eigenvalue weighted by Gasteiger charge is 2.17. The number of nitrogens with two attached hydrogens (primary N) is 1. The molecule has 0 atom stereocenters. The largest absolute Gasteiger partial charge is 0.456 e. The number of alkyl halides is 2. The Bertz CT molecular complexity index is 467. The van der Waals surface area contributed by atoms with Gasteiger partial charge in [0.05, 0.1) is 11.9 Å². The van der Waals surface area contributed by atoms with Crippen LogP contribution >= 0.6 is 0 Å². The van der Waals surface area contributed by atoms with Crippen molar-refractivity contribution in [3.05, 3.63) is 30.0 Å². The van der Waals surface area contributed by atoms with Gasteiger partial charge in [0.1, 0.15) is 5.58 Å². The van der Waals surface area contributed by atoms with Crippen LogP contribution < -0.4 is 10.5 Å². The molecule has 2 N–H and O–H groups in total. The van der Waals surface area contributed by atoms with Crippen molar-refractivity contribution >= 4 is 11.0 Å². The first-order chi connectivity index (χ1) is 7.22. The van der Waals surface area contributed by atoms with Crippen molar-refractivity contribution in [2.75, 3.05) is 0 Å². The monoisotopic (exact) mass is 213 g/mol. The second kappa shape index (κ2) is 3.86. The summed E-state index contributed by atoms with van der Waals surface area (Å²) in [4.78, 5) is 0. The van der Waals surface area contributed by atoms with Crippen LogP contribution in [0.15, 0.2) is 28.7 Å². The standard InChI is InChI=1S/C10H9F2NO2/c11-10(12)15-9-6-3-1-2-4-7(6)14-8(9)5-13/h1-4,10H,5,13H2. The maximum atomic E-state index is 12.1. The van der Waals surface area contributed by atoms with Gasteiger partial charge in [0, 0.05) is 0 Å². The number of hydrogen-bond donors (Lipinski definition) is 1. The Morgan fingerprint density at radius 1 is 1.33 bits per heavy atom. The summed E-state index contributed by atoms with van der Waals surface area (Å²) in [6.07, 6.45) is 0. The van der Waals surface area contributed by atoms with Crippen molar-refractivity contribution in [3.8, 4) is 5.75 Å². The van der Waals surface area contributed by atoms with E-state index in [1.54, 1.807) is 24.3 Å². The zero-order chi connectivity index (χ0) is 10.8. The van der Waals surface area contributed by atoms with Gasteiger partial charge in [0.15, 0.2) is 11.5 Å². The molecule has 80 valence electrons. The van der Waals surface area contributed by atoms with Crippen molar-refractivity contribution in [3.63, 3.8) is 0 Å². The average Bonchev–Trinajstić information content (AvgIpc) is 2.56. The lowest BCUT2D eigenvalue weighted by Gasteiger charge is -2.03. The van der Waals surface area contributed by atoms with E-state index >= 15 is 0 Å². The Hall–Kier alpha value is -1.62. The first kappa shape index (κ1) is 9.92. The number of fused-ring (bicyclic) bond motifs is 1. The molecule has 2 rings (SSSR count). The number of furan rings is 1. The Labute approximate surface area is 84.4 Å². The molecule has 0 fully saturated rings. The third-order valence-electron chi connectivity index (χ3n) is 2.01. The molecule has 5 heteroatoms. The van der Waals surface area contributed by atoms with E-state index in [4.69, 9.17) is 10.2 Å². The predicted octanol–water partition coefficient (Wildman–Crippen LogP) is 2.49. The van der Waals surface area contributed by atoms with Gasteiger partial charge in [-0.25, -0.2) is 0 Å². The van der Waals surface area contributed by atoms with E-state index in [0.717, 1.165) is 0 Å². The van der Waals surface area contributed by atoms with Gasteiger partial charge >= 0.3 is 6.61 Å². The van der Waals surface area contributed by atoms with Gasteiger partial charge in [-0.05, 0) is 12.1 Å². The van der Waals surface area contributed by atoms with E-state index in [0.29, 0.717) is 11.0 Å². The number of hydrogen-bond acceptors (Lipinski definition) is 3. The molecule has 0 bridgehead atoms. The minimum absolute atomic E-state index is 0.0245. The summed E-state index contributed by atoms with van der Waals surface area (Å²) in [5.41, 5.74) is 5.87. The minimum Gasteiger partial charge on any atom is -0.456 e. The van der Waals surface area contributed by atoms with Crippen molar-refractivity contribution in [1.82, 2.24) is 0 Å². The van der Waals surface area contributed by atoms with Gasteiger partial charge < -0.3 is 14.9 Å². The Kier molecular flexibility index (Phi) is 2.55. The second-order valence-corrected chi connectivity index (χ2v) is 2.93. The van der Waals surface area contributed by atoms with Crippen molar-refractivity contribution < 1.29 is 17.9 Å². The Morgan fingerprint density at radius 2 is 2.07 bits per heavy atom. The summed E-state index contributed by atoms with van der Waals surface area (Å²) < 4.78 is 33.9. The van der Waals surface area contributed by atoms with Gasteiger partial charge in [-0.2, -0.15) is 8.78 Å². The van der Waals surface area contributed by atoms with Gasteiger partial charge in [0.25, 0.3) is 0 Å². The molecule has 0 unspecified atom stereocenters. The maximum Gasteiger partial charge on any atom is 0.387 e. The lowest BCUT2D eigenvalue weighted by atomic mass is 10.2. The third kappa shape index (κ3) is 1.78. The molecule has 0 aliphatic rings. The number of rotatable bonds is 3. The molecular formula is C10H9F2NO2. The van der Waals surface area contributed by atoms with Crippen LogP contribution in [0, 0.1) is 0 Å². The van der Waals surface area contributed by atoms with E-state index in [1.165, 1.54) is 0 Å². The number of halogens is 2. The van der Waals surface area contributed by atoms with Crippen LogP contribution in [0.5, 0.6) is 5.75 Å². The SMILES string of the molecule is NCc1oc2ccccc2c1OC(F)F. The fraction of sp³-hybridized carbons (Fsp3) is 0.200. The third-order valence-corrected chi connectivity index (χ3v) is 2.01. The molecule has 1 aromatic carbocycles. The molecule has 2 aromatic rings. The van der Waals surface area contributed by atoms with E-state index in [9.17, 15) is 8.78 Å². The molecule has 1 aromatic heterocycles. The number of para-hydroxylation sites is 1. The van der Waals surface area contributed by atoms with Crippen LogP contribution in [0.2, 0.25) is 0 Å². The number of ether oxygens (including phenoxy) is 1. The second-order valence-electron chi connectivity index (χ2n) is 2.93. The summed E-state index contributed by atoms with van der Waals surface area (Å²) in [6, 6.07) is 6.79. The smallest absolute Gasteiger partial charge is 0.387 e. The molecule has 0 amide bonds. The molecular weight excluding hydrogens is 204 g/mol. The topological polar surface area (TPSA) is 48.4 Å². The lowest BCUT2D eigenvalue weighted by Crippen LogP contribution is -2.05. The van der Waals surface area contributed by atoms with E-state index in [-0.39, 0.29) is 18.1 Å². The van der Waals surface area contributed by atoms with Crippen molar-refractivity contribution in [2.45, 2.75) is 13.2 Å². The van der Waals surface area contributed by atoms with Crippen LogP contribution in [-0.4, -0.2) is 6.61 Å². The molecule has 15 heavy (non-hydrogen) atoms. The average molecular weight is 213 g/mol. The highest BCUT2D eigenvalue weighted by Crippen LogP contribution is 2.33. The molecule has 0 saturated carbocycles. The fourth-order valence-corrected chi connectivity index (χ4v) is 1.43. The van der Waals surface area contributed by atoms with Crippen LogP contribution in [0.1, 0.15) is 5.76 Å². The number of benzene rings is 1. The first-order valence-corrected chi connectivity index (χ1v) is 4.37. The summed E-state index contributed by atoms with van der Waals surface area (Å²) in [5.74, 6) is 0.264. The van der Waals surface area contributed by atoms with Crippen molar-refractivity contribution in [2.24, 2.45) is 5.73 Å². The molecule has 3 nitrogen and oxygen atoms in total. The molecule has 0 spiro atoms. The molecule has 0 saturated heterocycles. The van der Waals surface area contributed by atoms with E-state index in [1.807, 2.05) is 0 Å². The molecule has 0 aliphatic heterocycles. The summed E-state index contributed by atoms with van der Waals surface area (Å²) >= 11 is 0. The van der Waals surface area contributed by atoms with Gasteiger partial charge in [0.2, 0.25) is 0 Å². The van der Waals surface area contributed by atoms with E-state index < -0.39 is 6.61 Å². The van der Waals surface area contributed by atoms with E-state index in [2.05, 4.69) is 4.74 Å². The quantitative estimate of drug-likeness (QED) is 0.852. The van der Waals surface area contributed by atoms with Crippen LogP contribution in [-0.2, 0) is 6.54 Å². The molecule has 0 radical (unpaired) electrons. The zero-order valence-electron chi connectivity index (χ0n) is 7.74. The Morgan fingerprint density at radius 3 is 2.73 bits per heavy atom. The van der Waals surface area contributed by atoms with Gasteiger partial charge in [-0.3, -0.25) is 0 Å². The van der Waals surface area contributed by atoms with Gasteiger partial charge in [-0.1, -0.05) is 12.1 Å². The normalized spacial score (nSPS) is 11.2.